The van der Waals surface area contributed by atoms with Crippen LogP contribution >= 0.6 is 11.8 Å². The smallest absolute Gasteiger partial charge is 0.223 e. The van der Waals surface area contributed by atoms with E-state index in [9.17, 15) is 0 Å². The van der Waals surface area contributed by atoms with Gasteiger partial charge in [-0.25, -0.2) is 0 Å². The summed E-state index contributed by atoms with van der Waals surface area (Å²) in [5, 5.41) is 7.00. The molecule has 1 atom stereocenters. The van der Waals surface area contributed by atoms with Crippen LogP contribution in [-0.4, -0.2) is 34.6 Å². The first-order valence-electron chi connectivity index (χ1n) is 5.95. The lowest BCUT2D eigenvalue weighted by molar-refractivity contribution is 0.677. The van der Waals surface area contributed by atoms with Gasteiger partial charge in [-0.15, -0.1) is 0 Å². The predicted molar refractivity (Wildman–Crippen MR) is 74.6 cm³/mol. The first kappa shape index (κ1) is 12.3. The molecule has 17 heavy (non-hydrogen) atoms. The van der Waals surface area contributed by atoms with Crippen LogP contribution in [0.25, 0.3) is 0 Å². The number of anilines is 3. The summed E-state index contributed by atoms with van der Waals surface area (Å²) in [6.45, 7) is 0.949. The van der Waals surface area contributed by atoms with Crippen molar-refractivity contribution in [1.82, 2.24) is 9.97 Å². The lowest BCUT2D eigenvalue weighted by atomic mass is 10.2. The number of nitrogen functional groups attached to an aromatic ring is 1. The van der Waals surface area contributed by atoms with Crippen LogP contribution in [0.4, 0.5) is 17.6 Å². The number of nitrogens with zero attached hydrogens (tertiary/aromatic N) is 2. The van der Waals surface area contributed by atoms with Gasteiger partial charge in [-0.05, 0) is 18.6 Å². The molecule has 0 spiro atoms. The zero-order valence-corrected chi connectivity index (χ0v) is 10.9. The average Bonchev–Trinajstić information content (AvgIpc) is 2.37. The minimum Gasteiger partial charge on any atom is -0.373 e. The number of hydrogen-bond donors (Lipinski definition) is 3. The Kier molecular flexibility index (Phi) is 4.30. The molecule has 94 valence electrons. The Morgan fingerprint density at radius 1 is 1.41 bits per heavy atom. The number of nitrogens with two attached hydrogens (primary N) is 1. The highest BCUT2D eigenvalue weighted by molar-refractivity contribution is 7.99. The number of aromatic nitrogens is 2. The van der Waals surface area contributed by atoms with Crippen LogP contribution < -0.4 is 16.4 Å². The molecule has 5 nitrogen and oxygen atoms in total. The first-order chi connectivity index (χ1) is 8.28. The third-order valence-corrected chi connectivity index (χ3v) is 4.18. The molecule has 1 aromatic rings. The fraction of sp³-hybridized carbons (Fsp3) is 0.636. The second kappa shape index (κ2) is 5.95. The van der Waals surface area contributed by atoms with Crippen molar-refractivity contribution in [2.45, 2.75) is 24.5 Å². The quantitative estimate of drug-likeness (QED) is 0.759. The van der Waals surface area contributed by atoms with Gasteiger partial charge in [-0.3, -0.25) is 0 Å². The Balaban J connectivity index is 1.91. The van der Waals surface area contributed by atoms with Crippen LogP contribution in [0.15, 0.2) is 6.07 Å². The predicted octanol–water partition coefficient (Wildman–Crippen LogP) is 1.80. The third-order valence-electron chi connectivity index (χ3n) is 2.78. The van der Waals surface area contributed by atoms with E-state index in [2.05, 4.69) is 20.6 Å². The van der Waals surface area contributed by atoms with E-state index in [0.29, 0.717) is 11.2 Å². The summed E-state index contributed by atoms with van der Waals surface area (Å²) in [5.74, 6) is 3.12. The van der Waals surface area contributed by atoms with Crippen molar-refractivity contribution in [2.75, 3.05) is 35.7 Å². The summed E-state index contributed by atoms with van der Waals surface area (Å²) in [5.41, 5.74) is 5.64. The molecule has 1 fully saturated rings. The Morgan fingerprint density at radius 3 is 2.94 bits per heavy atom. The Labute approximate surface area is 106 Å². The minimum atomic E-state index is 0.302. The van der Waals surface area contributed by atoms with Gasteiger partial charge in [0.2, 0.25) is 5.95 Å². The molecule has 0 bridgehead atoms. The van der Waals surface area contributed by atoms with Gasteiger partial charge >= 0.3 is 0 Å². The molecular formula is C11H19N5S. The van der Waals surface area contributed by atoms with Gasteiger partial charge in [0, 0.05) is 24.9 Å². The summed E-state index contributed by atoms with van der Waals surface area (Å²) < 4.78 is 0. The van der Waals surface area contributed by atoms with Gasteiger partial charge in [0.05, 0.1) is 0 Å². The standard InChI is InChI=1S/C11H19N5S/c1-13-9-6-10(16-11(12)15-9)14-7-8-4-2-3-5-17-8/h6,8H,2-5,7H2,1H3,(H4,12,13,14,15,16). The molecule has 1 saturated heterocycles. The van der Waals surface area contributed by atoms with Crippen LogP contribution in [0.2, 0.25) is 0 Å². The average molecular weight is 253 g/mol. The van der Waals surface area contributed by atoms with Crippen molar-refractivity contribution in [3.05, 3.63) is 6.07 Å². The monoisotopic (exact) mass is 253 g/mol. The summed E-state index contributed by atoms with van der Waals surface area (Å²) in [7, 11) is 1.82. The van der Waals surface area contributed by atoms with Crippen molar-refractivity contribution in [3.63, 3.8) is 0 Å². The van der Waals surface area contributed by atoms with E-state index in [-0.39, 0.29) is 0 Å². The molecule has 0 saturated carbocycles. The Bertz CT molecular complexity index is 365. The van der Waals surface area contributed by atoms with Crippen LogP contribution in [0, 0.1) is 0 Å². The maximum Gasteiger partial charge on any atom is 0.223 e. The highest BCUT2D eigenvalue weighted by Crippen LogP contribution is 2.25. The number of nitrogens with one attached hydrogen (secondary N) is 2. The molecule has 0 radical (unpaired) electrons. The largest absolute Gasteiger partial charge is 0.373 e. The van der Waals surface area contributed by atoms with Gasteiger partial charge in [-0.2, -0.15) is 21.7 Å². The summed E-state index contributed by atoms with van der Waals surface area (Å²) in [6, 6.07) is 1.88. The number of rotatable bonds is 4. The van der Waals surface area contributed by atoms with Crippen molar-refractivity contribution < 1.29 is 0 Å². The van der Waals surface area contributed by atoms with Crippen molar-refractivity contribution >= 4 is 29.3 Å². The molecule has 2 heterocycles. The highest BCUT2D eigenvalue weighted by atomic mass is 32.2. The molecule has 4 N–H and O–H groups in total. The molecular weight excluding hydrogens is 234 g/mol. The van der Waals surface area contributed by atoms with E-state index in [0.717, 1.165) is 18.2 Å². The van der Waals surface area contributed by atoms with Crippen molar-refractivity contribution in [1.29, 1.82) is 0 Å². The summed E-state index contributed by atoms with van der Waals surface area (Å²) in [6.07, 6.45) is 3.98. The lowest BCUT2D eigenvalue weighted by Gasteiger charge is -2.21. The second-order valence-electron chi connectivity index (χ2n) is 4.12. The molecule has 1 unspecified atom stereocenters. The molecule has 0 aromatic carbocycles. The fourth-order valence-corrected chi connectivity index (χ4v) is 3.11. The molecule has 0 amide bonds. The molecule has 2 rings (SSSR count). The summed E-state index contributed by atoms with van der Waals surface area (Å²) in [4.78, 5) is 8.23. The van der Waals surface area contributed by atoms with E-state index in [1.807, 2.05) is 24.9 Å². The van der Waals surface area contributed by atoms with Crippen LogP contribution in [-0.2, 0) is 0 Å². The molecule has 1 aliphatic rings. The highest BCUT2D eigenvalue weighted by Gasteiger charge is 2.13. The van der Waals surface area contributed by atoms with E-state index >= 15 is 0 Å². The van der Waals surface area contributed by atoms with E-state index in [1.165, 1.54) is 25.0 Å². The van der Waals surface area contributed by atoms with E-state index in [1.54, 1.807) is 0 Å². The topological polar surface area (TPSA) is 75.9 Å². The SMILES string of the molecule is CNc1cc(NCC2CCCCS2)nc(N)n1. The Morgan fingerprint density at radius 2 is 2.24 bits per heavy atom. The van der Waals surface area contributed by atoms with Crippen LogP contribution in [0.3, 0.4) is 0 Å². The number of hydrogen-bond acceptors (Lipinski definition) is 6. The third kappa shape index (κ3) is 3.66. The van der Waals surface area contributed by atoms with Gasteiger partial charge in [0.1, 0.15) is 11.6 Å². The van der Waals surface area contributed by atoms with E-state index in [4.69, 9.17) is 5.73 Å². The maximum atomic E-state index is 5.64. The van der Waals surface area contributed by atoms with Gasteiger partial charge < -0.3 is 16.4 Å². The molecule has 1 aromatic heterocycles. The van der Waals surface area contributed by atoms with Gasteiger partial charge in [0.15, 0.2) is 0 Å². The zero-order valence-electron chi connectivity index (χ0n) is 10.1. The second-order valence-corrected chi connectivity index (χ2v) is 5.52. The fourth-order valence-electron chi connectivity index (χ4n) is 1.87. The van der Waals surface area contributed by atoms with E-state index < -0.39 is 0 Å². The van der Waals surface area contributed by atoms with Crippen LogP contribution in [0.1, 0.15) is 19.3 Å². The van der Waals surface area contributed by atoms with Crippen LogP contribution in [0.5, 0.6) is 0 Å². The first-order valence-corrected chi connectivity index (χ1v) is 7.00. The molecule has 0 aliphatic carbocycles. The normalized spacial score (nSPS) is 19.9. The lowest BCUT2D eigenvalue weighted by Crippen LogP contribution is -2.20. The molecule has 1 aliphatic heterocycles. The van der Waals surface area contributed by atoms with Crippen molar-refractivity contribution in [3.8, 4) is 0 Å². The Hall–Kier alpha value is -1.17. The molecule has 6 heteroatoms. The number of thioether (sulfide) groups is 1. The summed E-state index contributed by atoms with van der Waals surface area (Å²) >= 11 is 2.04. The van der Waals surface area contributed by atoms with Gasteiger partial charge in [0.25, 0.3) is 0 Å². The van der Waals surface area contributed by atoms with Gasteiger partial charge in [-0.1, -0.05) is 6.42 Å². The maximum absolute atomic E-state index is 5.64. The minimum absolute atomic E-state index is 0.302. The van der Waals surface area contributed by atoms with Crippen molar-refractivity contribution in [2.24, 2.45) is 0 Å². The zero-order chi connectivity index (χ0) is 12.1.